The second-order valence-electron chi connectivity index (χ2n) is 6.74. The Hall–Kier alpha value is -2.79. The van der Waals surface area contributed by atoms with Crippen molar-refractivity contribution in [3.05, 3.63) is 83.7 Å². The van der Waals surface area contributed by atoms with Crippen LogP contribution < -0.4 is 10.1 Å². The van der Waals surface area contributed by atoms with Gasteiger partial charge in [0.2, 0.25) is 0 Å². The van der Waals surface area contributed by atoms with E-state index in [0.29, 0.717) is 0 Å². The number of nitrogens with one attached hydrogen (secondary N) is 1. The van der Waals surface area contributed by atoms with E-state index in [4.69, 9.17) is 17.0 Å². The van der Waals surface area contributed by atoms with E-state index in [9.17, 15) is 0 Å². The molecule has 27 heavy (non-hydrogen) atoms. The number of fused-ring (bicyclic) bond motifs is 1. The van der Waals surface area contributed by atoms with Gasteiger partial charge in [0.05, 0.1) is 13.2 Å². The van der Waals surface area contributed by atoms with Gasteiger partial charge in [0.25, 0.3) is 0 Å². The summed E-state index contributed by atoms with van der Waals surface area (Å²) < 4.78 is 7.63. The molecule has 1 aromatic heterocycles. The van der Waals surface area contributed by atoms with Crippen LogP contribution in [-0.2, 0) is 6.54 Å². The Morgan fingerprint density at radius 3 is 2.56 bits per heavy atom. The maximum atomic E-state index is 5.83. The lowest BCUT2D eigenvalue weighted by Crippen LogP contribution is -2.44. The summed E-state index contributed by atoms with van der Waals surface area (Å²) in [4.78, 5) is 2.28. The minimum Gasteiger partial charge on any atom is -0.497 e. The number of rotatable bonds is 3. The van der Waals surface area contributed by atoms with Crippen LogP contribution in [0.3, 0.4) is 0 Å². The maximum absolute atomic E-state index is 5.83. The first-order valence-electron chi connectivity index (χ1n) is 9.09. The summed E-state index contributed by atoms with van der Waals surface area (Å²) in [6.07, 6.45) is 2.14. The van der Waals surface area contributed by atoms with Crippen LogP contribution in [-0.4, -0.2) is 28.2 Å². The van der Waals surface area contributed by atoms with E-state index >= 15 is 0 Å². The van der Waals surface area contributed by atoms with E-state index in [1.807, 2.05) is 24.3 Å². The molecule has 1 atom stereocenters. The fourth-order valence-corrected chi connectivity index (χ4v) is 3.95. The molecular formula is C22H23N3OS. The zero-order valence-electron chi connectivity index (χ0n) is 15.6. The summed E-state index contributed by atoms with van der Waals surface area (Å²) in [5.74, 6) is 0.858. The van der Waals surface area contributed by atoms with Gasteiger partial charge in [0.1, 0.15) is 5.75 Å². The van der Waals surface area contributed by atoms with Crippen molar-refractivity contribution in [3.8, 4) is 5.75 Å². The largest absolute Gasteiger partial charge is 0.497 e. The summed E-state index contributed by atoms with van der Waals surface area (Å²) in [5.41, 5.74) is 4.68. The predicted octanol–water partition coefficient (Wildman–Crippen LogP) is 4.61. The van der Waals surface area contributed by atoms with Gasteiger partial charge in [0, 0.05) is 30.7 Å². The fraction of sp³-hybridized carbons (Fsp3) is 0.227. The average molecular weight is 378 g/mol. The standard InChI is InChI=1S/C22H23N3OS/c1-16-6-3-4-7-19(16)23-22(27)25-15-14-24-13-5-8-20(24)21(25)17-9-11-18(26-2)12-10-17/h3-13,21H,14-15H2,1-2H3,(H,23,27)/t21-/m1/s1. The van der Waals surface area contributed by atoms with Crippen LogP contribution in [0.2, 0.25) is 0 Å². The number of aromatic nitrogens is 1. The van der Waals surface area contributed by atoms with E-state index in [0.717, 1.165) is 29.6 Å². The van der Waals surface area contributed by atoms with Crippen molar-refractivity contribution in [1.29, 1.82) is 0 Å². The van der Waals surface area contributed by atoms with Crippen LogP contribution in [0.1, 0.15) is 22.9 Å². The summed E-state index contributed by atoms with van der Waals surface area (Å²) in [7, 11) is 1.69. The Morgan fingerprint density at radius 2 is 1.81 bits per heavy atom. The van der Waals surface area contributed by atoms with Crippen LogP contribution in [0.25, 0.3) is 0 Å². The minimum atomic E-state index is 0.0728. The van der Waals surface area contributed by atoms with Crippen LogP contribution in [0.15, 0.2) is 66.9 Å². The zero-order chi connectivity index (χ0) is 18.8. The number of ether oxygens (including phenoxy) is 1. The highest BCUT2D eigenvalue weighted by molar-refractivity contribution is 7.80. The van der Waals surface area contributed by atoms with Gasteiger partial charge in [-0.2, -0.15) is 0 Å². The number of hydrogen-bond acceptors (Lipinski definition) is 2. The normalized spacial score (nSPS) is 15.9. The SMILES string of the molecule is COc1ccc([C@@H]2c3cccn3CCN2C(=S)Nc2ccccc2C)cc1. The molecule has 2 heterocycles. The summed E-state index contributed by atoms with van der Waals surface area (Å²) in [5, 5.41) is 4.20. The highest BCUT2D eigenvalue weighted by Gasteiger charge is 2.30. The first kappa shape index (κ1) is 17.6. The van der Waals surface area contributed by atoms with Gasteiger partial charge < -0.3 is 19.5 Å². The molecule has 2 aromatic carbocycles. The van der Waals surface area contributed by atoms with E-state index in [1.54, 1.807) is 7.11 Å². The quantitative estimate of drug-likeness (QED) is 0.675. The van der Waals surface area contributed by atoms with Crippen molar-refractivity contribution in [3.63, 3.8) is 0 Å². The molecule has 4 rings (SSSR count). The molecule has 138 valence electrons. The third-order valence-electron chi connectivity index (χ3n) is 5.12. The topological polar surface area (TPSA) is 29.4 Å². The van der Waals surface area contributed by atoms with Crippen molar-refractivity contribution in [1.82, 2.24) is 9.47 Å². The van der Waals surface area contributed by atoms with Gasteiger partial charge in [-0.25, -0.2) is 0 Å². The first-order valence-corrected chi connectivity index (χ1v) is 9.50. The molecular weight excluding hydrogens is 354 g/mol. The summed E-state index contributed by atoms with van der Waals surface area (Å²) >= 11 is 5.83. The molecule has 0 bridgehead atoms. The average Bonchev–Trinajstić information content (AvgIpc) is 3.18. The van der Waals surface area contributed by atoms with Crippen molar-refractivity contribution < 1.29 is 4.74 Å². The van der Waals surface area contributed by atoms with Gasteiger partial charge in [-0.1, -0.05) is 30.3 Å². The van der Waals surface area contributed by atoms with Crippen LogP contribution in [0.5, 0.6) is 5.75 Å². The fourth-order valence-electron chi connectivity index (χ4n) is 3.64. The molecule has 0 unspecified atom stereocenters. The first-order chi connectivity index (χ1) is 13.2. The number of methoxy groups -OCH3 is 1. The number of anilines is 1. The van der Waals surface area contributed by atoms with Gasteiger partial charge in [-0.15, -0.1) is 0 Å². The molecule has 0 radical (unpaired) electrons. The van der Waals surface area contributed by atoms with Crippen LogP contribution in [0, 0.1) is 6.92 Å². The smallest absolute Gasteiger partial charge is 0.174 e. The second-order valence-corrected chi connectivity index (χ2v) is 7.13. The van der Waals surface area contributed by atoms with Crippen LogP contribution in [0.4, 0.5) is 5.69 Å². The van der Waals surface area contributed by atoms with E-state index in [-0.39, 0.29) is 6.04 Å². The minimum absolute atomic E-state index is 0.0728. The Labute approximate surface area is 165 Å². The maximum Gasteiger partial charge on any atom is 0.174 e. The van der Waals surface area contributed by atoms with E-state index in [1.165, 1.54) is 16.8 Å². The molecule has 1 aliphatic heterocycles. The van der Waals surface area contributed by atoms with Crippen molar-refractivity contribution in [2.24, 2.45) is 0 Å². The van der Waals surface area contributed by atoms with Gasteiger partial charge in [-0.05, 0) is 60.6 Å². The third-order valence-corrected chi connectivity index (χ3v) is 5.45. The Bertz CT molecular complexity index is 948. The lowest BCUT2D eigenvalue weighted by molar-refractivity contribution is 0.293. The zero-order valence-corrected chi connectivity index (χ0v) is 16.4. The number of hydrogen-bond donors (Lipinski definition) is 1. The molecule has 1 N–H and O–H groups in total. The third kappa shape index (κ3) is 3.43. The number of para-hydroxylation sites is 1. The highest BCUT2D eigenvalue weighted by Crippen LogP contribution is 2.34. The molecule has 3 aromatic rings. The molecule has 1 aliphatic rings. The second kappa shape index (κ2) is 7.45. The highest BCUT2D eigenvalue weighted by atomic mass is 32.1. The Balaban J connectivity index is 1.67. The lowest BCUT2D eigenvalue weighted by atomic mass is 10.00. The molecule has 5 heteroatoms. The molecule has 4 nitrogen and oxygen atoms in total. The number of benzene rings is 2. The molecule has 0 fully saturated rings. The Morgan fingerprint density at radius 1 is 1.04 bits per heavy atom. The monoisotopic (exact) mass is 377 g/mol. The predicted molar refractivity (Wildman–Crippen MR) is 113 cm³/mol. The number of nitrogens with zero attached hydrogens (tertiary/aromatic N) is 2. The molecule has 0 aliphatic carbocycles. The molecule has 0 saturated heterocycles. The van der Waals surface area contributed by atoms with Crippen molar-refractivity contribution in [2.75, 3.05) is 19.0 Å². The van der Waals surface area contributed by atoms with Crippen LogP contribution >= 0.6 is 12.2 Å². The number of aryl methyl sites for hydroxylation is 1. The van der Waals surface area contributed by atoms with Crippen molar-refractivity contribution >= 4 is 23.0 Å². The Kier molecular flexibility index (Phi) is 4.86. The van der Waals surface area contributed by atoms with Gasteiger partial charge >= 0.3 is 0 Å². The van der Waals surface area contributed by atoms with Gasteiger partial charge in [0.15, 0.2) is 5.11 Å². The van der Waals surface area contributed by atoms with E-state index < -0.39 is 0 Å². The summed E-state index contributed by atoms with van der Waals surface area (Å²) in [6, 6.07) is 20.8. The molecule has 0 saturated carbocycles. The van der Waals surface area contributed by atoms with Gasteiger partial charge in [-0.3, -0.25) is 0 Å². The number of thiocarbonyl (C=S) groups is 1. The molecule has 0 amide bonds. The summed E-state index contributed by atoms with van der Waals surface area (Å²) in [6.45, 7) is 3.87. The van der Waals surface area contributed by atoms with E-state index in [2.05, 4.69) is 64.3 Å². The lowest BCUT2D eigenvalue weighted by Gasteiger charge is -2.39. The van der Waals surface area contributed by atoms with Crippen molar-refractivity contribution in [2.45, 2.75) is 19.5 Å². The molecule has 0 spiro atoms.